The monoisotopic (exact) mass is 416 g/mol. The molecule has 4 rings (SSSR count). The molecule has 1 unspecified atom stereocenters. The van der Waals surface area contributed by atoms with Crippen LogP contribution >= 0.6 is 34.5 Å². The number of halogens is 2. The summed E-state index contributed by atoms with van der Waals surface area (Å²) in [5, 5.41) is 5.92. The van der Waals surface area contributed by atoms with Crippen LogP contribution in [-0.2, 0) is 4.79 Å². The van der Waals surface area contributed by atoms with Gasteiger partial charge in [-0.2, -0.15) is 0 Å². The smallest absolute Gasteiger partial charge is 0.255 e. The Morgan fingerprint density at radius 1 is 1.07 bits per heavy atom. The van der Waals surface area contributed by atoms with Gasteiger partial charge in [-0.05, 0) is 53.9 Å². The van der Waals surface area contributed by atoms with E-state index in [-0.39, 0.29) is 18.4 Å². The molecule has 1 aliphatic heterocycles. The van der Waals surface area contributed by atoms with Gasteiger partial charge in [-0.3, -0.25) is 9.59 Å². The number of rotatable bonds is 2. The highest BCUT2D eigenvalue weighted by molar-refractivity contribution is 7.10. The Balaban J connectivity index is 1.86. The Hall–Kier alpha value is -2.34. The van der Waals surface area contributed by atoms with Crippen LogP contribution in [0, 0.1) is 0 Å². The van der Waals surface area contributed by atoms with Crippen LogP contribution in [-0.4, -0.2) is 23.3 Å². The van der Waals surface area contributed by atoms with Crippen molar-refractivity contribution in [3.63, 3.8) is 0 Å². The summed E-state index contributed by atoms with van der Waals surface area (Å²) in [6, 6.07) is 15.4. The van der Waals surface area contributed by atoms with Crippen LogP contribution in [0.2, 0.25) is 10.0 Å². The minimum atomic E-state index is -0.416. The lowest BCUT2D eigenvalue weighted by Crippen LogP contribution is -2.38. The van der Waals surface area contributed by atoms with Crippen molar-refractivity contribution in [2.45, 2.75) is 6.04 Å². The Kier molecular flexibility index (Phi) is 4.91. The number of hydrogen-bond donors (Lipinski definition) is 1. The van der Waals surface area contributed by atoms with Crippen molar-refractivity contribution in [1.29, 1.82) is 0 Å². The number of nitrogens with one attached hydrogen (secondary N) is 1. The summed E-state index contributed by atoms with van der Waals surface area (Å²) < 4.78 is 0. The van der Waals surface area contributed by atoms with Crippen molar-refractivity contribution in [2.75, 3.05) is 11.9 Å². The molecule has 2 heterocycles. The van der Waals surface area contributed by atoms with Crippen LogP contribution in [0.4, 0.5) is 5.69 Å². The number of amides is 2. The summed E-state index contributed by atoms with van der Waals surface area (Å²) in [6.07, 6.45) is 0. The predicted octanol–water partition coefficient (Wildman–Crippen LogP) is 5.24. The van der Waals surface area contributed by atoms with E-state index in [9.17, 15) is 9.59 Å². The molecule has 2 amide bonds. The third kappa shape index (κ3) is 3.58. The van der Waals surface area contributed by atoms with Crippen LogP contribution in [0.15, 0.2) is 60.0 Å². The van der Waals surface area contributed by atoms with Crippen molar-refractivity contribution >= 4 is 52.0 Å². The van der Waals surface area contributed by atoms with Crippen molar-refractivity contribution in [3.05, 3.63) is 86.0 Å². The van der Waals surface area contributed by atoms with Crippen LogP contribution in [0.5, 0.6) is 0 Å². The second-order valence-electron chi connectivity index (χ2n) is 6.14. The van der Waals surface area contributed by atoms with Gasteiger partial charge in [-0.15, -0.1) is 11.3 Å². The number of anilines is 1. The molecule has 0 fully saturated rings. The number of thiophene rings is 1. The van der Waals surface area contributed by atoms with E-state index in [0.29, 0.717) is 21.3 Å². The number of fused-ring (bicyclic) bond motifs is 1. The molecule has 1 aromatic heterocycles. The zero-order valence-corrected chi connectivity index (χ0v) is 16.3. The zero-order chi connectivity index (χ0) is 19.0. The van der Waals surface area contributed by atoms with Crippen molar-refractivity contribution in [2.24, 2.45) is 0 Å². The topological polar surface area (TPSA) is 49.4 Å². The first-order valence-electron chi connectivity index (χ1n) is 8.22. The van der Waals surface area contributed by atoms with Crippen molar-refractivity contribution < 1.29 is 9.59 Å². The number of benzene rings is 2. The Morgan fingerprint density at radius 3 is 2.52 bits per heavy atom. The minimum absolute atomic E-state index is 0.0592. The quantitative estimate of drug-likeness (QED) is 0.620. The summed E-state index contributed by atoms with van der Waals surface area (Å²) in [5.41, 5.74) is 1.92. The molecule has 27 heavy (non-hydrogen) atoms. The van der Waals surface area contributed by atoms with E-state index in [1.165, 1.54) is 11.3 Å². The molecule has 1 N–H and O–H groups in total. The average Bonchev–Trinajstić information content (AvgIpc) is 3.13. The molecule has 136 valence electrons. The molecule has 7 heteroatoms. The second-order valence-corrected chi connectivity index (χ2v) is 7.99. The molecular formula is C20H14Cl2N2O2S. The third-order valence-corrected chi connectivity index (χ3v) is 5.78. The SMILES string of the molecule is O=C1CN(C(=O)c2ccc(Cl)cc2)C(c2cccs2)c2cc(Cl)ccc2N1. The van der Waals surface area contributed by atoms with E-state index >= 15 is 0 Å². The Labute approximate surface area is 170 Å². The number of nitrogens with zero attached hydrogens (tertiary/aromatic N) is 1. The highest BCUT2D eigenvalue weighted by Crippen LogP contribution is 2.39. The molecular weight excluding hydrogens is 403 g/mol. The molecule has 4 nitrogen and oxygen atoms in total. The van der Waals surface area contributed by atoms with E-state index in [0.717, 1.165) is 10.4 Å². The Morgan fingerprint density at radius 2 is 1.81 bits per heavy atom. The van der Waals surface area contributed by atoms with Crippen molar-refractivity contribution in [3.8, 4) is 0 Å². The lowest BCUT2D eigenvalue weighted by atomic mass is 10.0. The lowest BCUT2D eigenvalue weighted by molar-refractivity contribution is -0.117. The van der Waals surface area contributed by atoms with Crippen molar-refractivity contribution in [1.82, 2.24) is 4.90 Å². The molecule has 0 bridgehead atoms. The van der Waals surface area contributed by atoms with Gasteiger partial charge in [0.1, 0.15) is 6.54 Å². The van der Waals surface area contributed by atoms with Gasteiger partial charge in [0, 0.05) is 31.7 Å². The predicted molar refractivity (Wildman–Crippen MR) is 109 cm³/mol. The van der Waals surface area contributed by atoms with Crippen LogP contribution in [0.3, 0.4) is 0 Å². The van der Waals surface area contributed by atoms with E-state index in [2.05, 4.69) is 5.32 Å². The molecule has 1 atom stereocenters. The van der Waals surface area contributed by atoms with E-state index in [1.54, 1.807) is 47.4 Å². The summed E-state index contributed by atoms with van der Waals surface area (Å²) >= 11 is 13.7. The first-order chi connectivity index (χ1) is 13.0. The maximum atomic E-state index is 13.3. The lowest BCUT2D eigenvalue weighted by Gasteiger charge is -2.29. The summed E-state index contributed by atoms with van der Waals surface area (Å²) in [7, 11) is 0. The van der Waals surface area contributed by atoms with Gasteiger partial charge in [0.15, 0.2) is 0 Å². The fraction of sp³-hybridized carbons (Fsp3) is 0.100. The van der Waals surface area contributed by atoms with E-state index in [1.807, 2.05) is 17.5 Å². The average molecular weight is 417 g/mol. The van der Waals surface area contributed by atoms with Gasteiger partial charge >= 0.3 is 0 Å². The molecule has 3 aromatic rings. The maximum Gasteiger partial charge on any atom is 0.255 e. The highest BCUT2D eigenvalue weighted by Gasteiger charge is 2.34. The van der Waals surface area contributed by atoms with Gasteiger partial charge in [-0.1, -0.05) is 29.3 Å². The molecule has 0 spiro atoms. The summed E-state index contributed by atoms with van der Waals surface area (Å²) in [4.78, 5) is 28.3. The fourth-order valence-corrected chi connectivity index (χ4v) is 4.34. The van der Waals surface area contributed by atoms with Gasteiger partial charge in [-0.25, -0.2) is 0 Å². The standard InChI is InChI=1S/C20H14Cl2N2O2S/c21-13-5-3-12(4-6-13)20(26)24-11-18(25)23-16-8-7-14(22)10-15(16)19(24)17-2-1-9-27-17/h1-10,19H,11H2,(H,23,25). The highest BCUT2D eigenvalue weighted by atomic mass is 35.5. The molecule has 0 radical (unpaired) electrons. The van der Waals surface area contributed by atoms with Crippen LogP contribution < -0.4 is 5.32 Å². The first kappa shape index (κ1) is 18.0. The zero-order valence-electron chi connectivity index (χ0n) is 14.0. The Bertz CT molecular complexity index is 1000. The fourth-order valence-electron chi connectivity index (χ4n) is 3.18. The van der Waals surface area contributed by atoms with E-state index in [4.69, 9.17) is 23.2 Å². The molecule has 0 saturated heterocycles. The molecule has 1 aliphatic rings. The summed E-state index contributed by atoms with van der Waals surface area (Å²) in [5.74, 6) is -0.493. The van der Waals surface area contributed by atoms with Gasteiger partial charge in [0.05, 0.1) is 6.04 Å². The molecule has 2 aromatic carbocycles. The number of carbonyl (C=O) groups excluding carboxylic acids is 2. The third-order valence-electron chi connectivity index (χ3n) is 4.37. The summed E-state index contributed by atoms with van der Waals surface area (Å²) in [6.45, 7) is -0.0592. The van der Waals surface area contributed by atoms with Crippen LogP contribution in [0.1, 0.15) is 26.8 Å². The van der Waals surface area contributed by atoms with Gasteiger partial charge in [0.25, 0.3) is 5.91 Å². The first-order valence-corrected chi connectivity index (χ1v) is 9.86. The largest absolute Gasteiger partial charge is 0.324 e. The van der Waals surface area contributed by atoms with Crippen LogP contribution in [0.25, 0.3) is 0 Å². The van der Waals surface area contributed by atoms with Gasteiger partial charge in [0.2, 0.25) is 5.91 Å². The molecule has 0 saturated carbocycles. The maximum absolute atomic E-state index is 13.3. The number of carbonyl (C=O) groups is 2. The number of hydrogen-bond acceptors (Lipinski definition) is 3. The molecule has 0 aliphatic carbocycles. The minimum Gasteiger partial charge on any atom is -0.324 e. The second kappa shape index (κ2) is 7.35. The normalized spacial score (nSPS) is 16.4. The van der Waals surface area contributed by atoms with E-state index < -0.39 is 6.04 Å². The van der Waals surface area contributed by atoms with Gasteiger partial charge < -0.3 is 10.2 Å².